The van der Waals surface area contributed by atoms with Crippen LogP contribution < -0.4 is 0 Å². The summed E-state index contributed by atoms with van der Waals surface area (Å²) in [5.74, 6) is 0.127. The molecule has 1 aliphatic carbocycles. The fourth-order valence-corrected chi connectivity index (χ4v) is 3.31. The Morgan fingerprint density at radius 3 is 2.55 bits per heavy atom. The Balaban J connectivity index is 2.24. The van der Waals surface area contributed by atoms with Crippen molar-refractivity contribution in [3.63, 3.8) is 0 Å². The van der Waals surface area contributed by atoms with Gasteiger partial charge < -0.3 is 14.6 Å². The van der Waals surface area contributed by atoms with Gasteiger partial charge in [0, 0.05) is 12.3 Å². The van der Waals surface area contributed by atoms with Crippen LogP contribution in [0.3, 0.4) is 0 Å². The molecule has 0 aromatic heterocycles. The van der Waals surface area contributed by atoms with Crippen LogP contribution in [0.15, 0.2) is 0 Å². The molecule has 1 spiro atoms. The van der Waals surface area contributed by atoms with E-state index in [9.17, 15) is 9.90 Å². The zero-order chi connectivity index (χ0) is 15.1. The van der Waals surface area contributed by atoms with E-state index in [0.29, 0.717) is 11.8 Å². The SMILES string of the molecule is CC(C)[C@@H]1CC[C@@H](C)[C@]2(C1)OC(=O)C[C@@H](C(C)(C)O)O2. The number of carbonyl (C=O) groups excluding carboxylic acids is 1. The van der Waals surface area contributed by atoms with E-state index in [2.05, 4.69) is 20.8 Å². The smallest absolute Gasteiger partial charge is 0.311 e. The van der Waals surface area contributed by atoms with Crippen LogP contribution in [0.25, 0.3) is 0 Å². The fourth-order valence-electron chi connectivity index (χ4n) is 3.31. The highest BCUT2D eigenvalue weighted by Gasteiger charge is 2.53. The quantitative estimate of drug-likeness (QED) is 0.792. The van der Waals surface area contributed by atoms with Crippen LogP contribution in [-0.2, 0) is 14.3 Å². The lowest BCUT2D eigenvalue weighted by Crippen LogP contribution is -2.58. The van der Waals surface area contributed by atoms with Gasteiger partial charge in [-0.3, -0.25) is 4.79 Å². The van der Waals surface area contributed by atoms with E-state index in [1.165, 1.54) is 0 Å². The molecule has 1 aliphatic heterocycles. The Morgan fingerprint density at radius 1 is 1.35 bits per heavy atom. The van der Waals surface area contributed by atoms with Crippen molar-refractivity contribution in [1.82, 2.24) is 0 Å². The van der Waals surface area contributed by atoms with Gasteiger partial charge in [0.15, 0.2) is 0 Å². The summed E-state index contributed by atoms with van der Waals surface area (Å²) in [7, 11) is 0. The van der Waals surface area contributed by atoms with Crippen molar-refractivity contribution in [2.75, 3.05) is 0 Å². The maximum atomic E-state index is 12.0. The lowest BCUT2D eigenvalue weighted by molar-refractivity contribution is -0.328. The number of ether oxygens (including phenoxy) is 2. The number of rotatable bonds is 2. The van der Waals surface area contributed by atoms with Crippen LogP contribution >= 0.6 is 0 Å². The molecular weight excluding hydrogens is 256 g/mol. The van der Waals surface area contributed by atoms with Gasteiger partial charge in [0.2, 0.25) is 5.79 Å². The Hall–Kier alpha value is -0.610. The van der Waals surface area contributed by atoms with Gasteiger partial charge in [0.25, 0.3) is 0 Å². The average molecular weight is 284 g/mol. The Morgan fingerprint density at radius 2 is 2.00 bits per heavy atom. The number of esters is 1. The van der Waals surface area contributed by atoms with Crippen LogP contribution in [-0.4, -0.2) is 28.6 Å². The Kier molecular flexibility index (Phi) is 4.18. The van der Waals surface area contributed by atoms with Crippen LogP contribution in [0, 0.1) is 17.8 Å². The van der Waals surface area contributed by atoms with E-state index in [0.717, 1.165) is 19.3 Å². The van der Waals surface area contributed by atoms with Crippen molar-refractivity contribution >= 4 is 5.97 Å². The monoisotopic (exact) mass is 284 g/mol. The molecule has 0 aromatic carbocycles. The van der Waals surface area contributed by atoms with Gasteiger partial charge in [0.05, 0.1) is 12.0 Å². The first-order valence-corrected chi connectivity index (χ1v) is 7.76. The molecule has 2 fully saturated rings. The number of aliphatic hydroxyl groups is 1. The second-order valence-corrected chi connectivity index (χ2v) is 7.44. The van der Waals surface area contributed by atoms with Crippen molar-refractivity contribution in [1.29, 1.82) is 0 Å². The van der Waals surface area contributed by atoms with E-state index >= 15 is 0 Å². The molecular formula is C16H28O4. The highest BCUT2D eigenvalue weighted by atomic mass is 16.7. The fraction of sp³-hybridized carbons (Fsp3) is 0.938. The van der Waals surface area contributed by atoms with E-state index in [4.69, 9.17) is 9.47 Å². The standard InChI is InChI=1S/C16H28O4/c1-10(2)12-7-6-11(3)16(9-12)19-13(15(4,5)18)8-14(17)20-16/h10-13,18H,6-9H2,1-5H3/t11-,12-,13+,16+/m1/s1. The molecule has 1 heterocycles. The van der Waals surface area contributed by atoms with Crippen molar-refractivity contribution in [2.24, 2.45) is 17.8 Å². The van der Waals surface area contributed by atoms with Gasteiger partial charge in [-0.05, 0) is 38.5 Å². The van der Waals surface area contributed by atoms with E-state index in [1.54, 1.807) is 13.8 Å². The minimum Gasteiger partial charge on any atom is -0.433 e. The lowest BCUT2D eigenvalue weighted by Gasteiger charge is -2.50. The highest BCUT2D eigenvalue weighted by molar-refractivity contribution is 5.71. The molecule has 4 nitrogen and oxygen atoms in total. The molecule has 0 bridgehead atoms. The summed E-state index contributed by atoms with van der Waals surface area (Å²) in [6.45, 7) is 9.87. The molecule has 0 unspecified atom stereocenters. The molecule has 0 amide bonds. The van der Waals surface area contributed by atoms with Crippen LogP contribution in [0.4, 0.5) is 0 Å². The summed E-state index contributed by atoms with van der Waals surface area (Å²) in [4.78, 5) is 12.0. The highest BCUT2D eigenvalue weighted by Crippen LogP contribution is 2.46. The first-order chi connectivity index (χ1) is 9.14. The molecule has 4 heteroatoms. The van der Waals surface area contributed by atoms with Gasteiger partial charge in [-0.15, -0.1) is 0 Å². The summed E-state index contributed by atoms with van der Waals surface area (Å²) >= 11 is 0. The maximum absolute atomic E-state index is 12.0. The third kappa shape index (κ3) is 3.01. The van der Waals surface area contributed by atoms with E-state index in [-0.39, 0.29) is 18.3 Å². The van der Waals surface area contributed by atoms with Crippen molar-refractivity contribution in [2.45, 2.75) is 77.8 Å². The van der Waals surface area contributed by atoms with Crippen molar-refractivity contribution < 1.29 is 19.4 Å². The third-order valence-electron chi connectivity index (χ3n) is 4.98. The first-order valence-electron chi connectivity index (χ1n) is 7.76. The molecule has 1 N–H and O–H groups in total. The van der Waals surface area contributed by atoms with Crippen molar-refractivity contribution in [3.05, 3.63) is 0 Å². The van der Waals surface area contributed by atoms with Crippen LogP contribution in [0.5, 0.6) is 0 Å². The van der Waals surface area contributed by atoms with Gasteiger partial charge in [-0.2, -0.15) is 0 Å². The largest absolute Gasteiger partial charge is 0.433 e. The molecule has 4 atom stereocenters. The second-order valence-electron chi connectivity index (χ2n) is 7.44. The molecule has 0 aromatic rings. The molecule has 116 valence electrons. The minimum absolute atomic E-state index is 0.129. The predicted octanol–water partition coefficient (Wildman–Crippen LogP) is 2.88. The first kappa shape index (κ1) is 15.8. The van der Waals surface area contributed by atoms with E-state index < -0.39 is 17.5 Å². The molecule has 2 aliphatic rings. The summed E-state index contributed by atoms with van der Waals surface area (Å²) in [6, 6.07) is 0. The number of hydrogen-bond acceptors (Lipinski definition) is 4. The van der Waals surface area contributed by atoms with Crippen molar-refractivity contribution in [3.8, 4) is 0 Å². The second kappa shape index (κ2) is 5.30. The zero-order valence-electron chi connectivity index (χ0n) is 13.3. The summed E-state index contributed by atoms with van der Waals surface area (Å²) < 4.78 is 11.8. The molecule has 1 saturated heterocycles. The number of hydrogen-bond donors (Lipinski definition) is 1. The number of carbonyl (C=O) groups is 1. The van der Waals surface area contributed by atoms with Gasteiger partial charge >= 0.3 is 5.97 Å². The maximum Gasteiger partial charge on any atom is 0.311 e. The Labute approximate surface area is 121 Å². The minimum atomic E-state index is -1.03. The van der Waals surface area contributed by atoms with Crippen LogP contribution in [0.2, 0.25) is 0 Å². The Bertz CT molecular complexity index is 371. The van der Waals surface area contributed by atoms with Gasteiger partial charge in [-0.1, -0.05) is 20.8 Å². The zero-order valence-corrected chi connectivity index (χ0v) is 13.3. The lowest BCUT2D eigenvalue weighted by atomic mass is 9.73. The van der Waals surface area contributed by atoms with Gasteiger partial charge in [-0.25, -0.2) is 0 Å². The molecule has 1 saturated carbocycles. The third-order valence-corrected chi connectivity index (χ3v) is 4.98. The average Bonchev–Trinajstić information content (AvgIpc) is 2.31. The summed E-state index contributed by atoms with van der Waals surface area (Å²) in [5, 5.41) is 10.2. The molecule has 0 radical (unpaired) electrons. The van der Waals surface area contributed by atoms with E-state index in [1.807, 2.05) is 0 Å². The molecule has 20 heavy (non-hydrogen) atoms. The van der Waals surface area contributed by atoms with Crippen LogP contribution in [0.1, 0.15) is 60.3 Å². The predicted molar refractivity (Wildman–Crippen MR) is 76.0 cm³/mol. The summed E-state index contributed by atoms with van der Waals surface area (Å²) in [6.07, 6.45) is 2.52. The molecule has 2 rings (SSSR count). The summed E-state index contributed by atoms with van der Waals surface area (Å²) in [5.41, 5.74) is -1.03. The normalized spacial score (nSPS) is 39.1. The topological polar surface area (TPSA) is 55.8 Å². The van der Waals surface area contributed by atoms with Gasteiger partial charge in [0.1, 0.15) is 6.10 Å².